The van der Waals surface area contributed by atoms with E-state index in [2.05, 4.69) is 11.8 Å². The number of piperidine rings is 1. The predicted octanol–water partition coefficient (Wildman–Crippen LogP) is 1.05. The van der Waals surface area contributed by atoms with Gasteiger partial charge in [0.25, 0.3) is 0 Å². The maximum atomic E-state index is 5.85. The minimum absolute atomic E-state index is 0.134. The molecule has 1 heterocycles. The molecule has 4 heteroatoms. The highest BCUT2D eigenvalue weighted by atomic mass is 16.7. The molecule has 1 aliphatic heterocycles. The lowest BCUT2D eigenvalue weighted by Gasteiger charge is -2.37. The van der Waals surface area contributed by atoms with Gasteiger partial charge in [-0.1, -0.05) is 6.92 Å². The first-order valence-electron chi connectivity index (χ1n) is 6.21. The van der Waals surface area contributed by atoms with E-state index in [4.69, 9.17) is 15.2 Å². The highest BCUT2D eigenvalue weighted by Crippen LogP contribution is 2.20. The van der Waals surface area contributed by atoms with Crippen LogP contribution in [-0.4, -0.2) is 51.1 Å². The van der Waals surface area contributed by atoms with Gasteiger partial charge in [0.15, 0.2) is 6.29 Å². The van der Waals surface area contributed by atoms with E-state index in [0.29, 0.717) is 12.6 Å². The lowest BCUT2D eigenvalue weighted by Crippen LogP contribution is -2.47. The van der Waals surface area contributed by atoms with Gasteiger partial charge in [-0.15, -0.1) is 0 Å². The van der Waals surface area contributed by atoms with Crippen LogP contribution in [0.2, 0.25) is 0 Å². The minimum atomic E-state index is -0.134. The molecule has 0 bridgehead atoms. The maximum absolute atomic E-state index is 5.85. The number of methoxy groups -OCH3 is 2. The number of likely N-dealkylation sites (tertiary alicyclic amines) is 1. The molecule has 96 valence electrons. The van der Waals surface area contributed by atoms with Crippen molar-refractivity contribution in [2.75, 3.05) is 33.9 Å². The van der Waals surface area contributed by atoms with Crippen LogP contribution < -0.4 is 5.73 Å². The van der Waals surface area contributed by atoms with Crippen molar-refractivity contribution in [3.05, 3.63) is 0 Å². The summed E-state index contributed by atoms with van der Waals surface area (Å²) in [6.07, 6.45) is 3.34. The van der Waals surface area contributed by atoms with Crippen LogP contribution in [0.1, 0.15) is 26.2 Å². The highest BCUT2D eigenvalue weighted by molar-refractivity contribution is 4.79. The summed E-state index contributed by atoms with van der Waals surface area (Å²) in [6, 6.07) is 0.382. The molecule has 1 fully saturated rings. The average molecular weight is 230 g/mol. The topological polar surface area (TPSA) is 47.7 Å². The van der Waals surface area contributed by atoms with E-state index in [0.717, 1.165) is 25.4 Å². The first kappa shape index (κ1) is 13.9. The second-order valence-corrected chi connectivity index (χ2v) is 4.77. The van der Waals surface area contributed by atoms with Crippen LogP contribution in [0.5, 0.6) is 0 Å². The maximum Gasteiger partial charge on any atom is 0.158 e. The van der Waals surface area contributed by atoms with Crippen molar-refractivity contribution in [2.24, 2.45) is 11.7 Å². The lowest BCUT2D eigenvalue weighted by molar-refractivity contribution is -0.117. The first-order chi connectivity index (χ1) is 7.71. The number of rotatable bonds is 6. The van der Waals surface area contributed by atoms with E-state index < -0.39 is 0 Å². The fraction of sp³-hybridized carbons (Fsp3) is 1.00. The molecule has 2 atom stereocenters. The molecule has 0 saturated carbocycles. The van der Waals surface area contributed by atoms with Crippen LogP contribution in [0.25, 0.3) is 0 Å². The molecule has 0 radical (unpaired) electrons. The van der Waals surface area contributed by atoms with Gasteiger partial charge < -0.3 is 15.2 Å². The van der Waals surface area contributed by atoms with Crippen LogP contribution in [-0.2, 0) is 9.47 Å². The van der Waals surface area contributed by atoms with E-state index in [1.165, 1.54) is 12.8 Å². The Hall–Kier alpha value is -0.160. The van der Waals surface area contributed by atoms with Crippen molar-refractivity contribution in [1.82, 2.24) is 4.90 Å². The van der Waals surface area contributed by atoms with Gasteiger partial charge in [0.1, 0.15) is 0 Å². The Balaban J connectivity index is 2.45. The van der Waals surface area contributed by atoms with E-state index in [9.17, 15) is 0 Å². The smallest absolute Gasteiger partial charge is 0.158 e. The molecule has 0 aromatic rings. The lowest BCUT2D eigenvalue weighted by atomic mass is 9.98. The first-order valence-corrected chi connectivity index (χ1v) is 6.21. The van der Waals surface area contributed by atoms with Crippen molar-refractivity contribution in [3.8, 4) is 0 Å². The molecular formula is C12H26N2O2. The van der Waals surface area contributed by atoms with Crippen molar-refractivity contribution in [3.63, 3.8) is 0 Å². The van der Waals surface area contributed by atoms with Gasteiger partial charge >= 0.3 is 0 Å². The molecule has 16 heavy (non-hydrogen) atoms. The number of hydrogen-bond donors (Lipinski definition) is 1. The fourth-order valence-electron chi connectivity index (χ4n) is 2.46. The molecule has 0 aromatic carbocycles. The summed E-state index contributed by atoms with van der Waals surface area (Å²) in [7, 11) is 3.36. The Labute approximate surface area is 99.1 Å². The molecule has 0 amide bonds. The summed E-state index contributed by atoms with van der Waals surface area (Å²) >= 11 is 0. The van der Waals surface area contributed by atoms with Gasteiger partial charge in [0, 0.05) is 39.8 Å². The summed E-state index contributed by atoms with van der Waals surface area (Å²) in [5.41, 5.74) is 5.85. The van der Waals surface area contributed by atoms with Gasteiger partial charge in [-0.25, -0.2) is 0 Å². The zero-order chi connectivity index (χ0) is 12.0. The number of nitrogens with zero attached hydrogens (tertiary/aromatic N) is 1. The third-order valence-corrected chi connectivity index (χ3v) is 3.47. The fourth-order valence-corrected chi connectivity index (χ4v) is 2.46. The van der Waals surface area contributed by atoms with Gasteiger partial charge in [-0.05, 0) is 25.3 Å². The monoisotopic (exact) mass is 230 g/mol. The summed E-state index contributed by atoms with van der Waals surface area (Å²) in [5.74, 6) is 0.784. The molecular weight excluding hydrogens is 204 g/mol. The van der Waals surface area contributed by atoms with Crippen LogP contribution in [0.3, 0.4) is 0 Å². The van der Waals surface area contributed by atoms with E-state index in [1.807, 2.05) is 0 Å². The Morgan fingerprint density at radius 1 is 1.38 bits per heavy atom. The summed E-state index contributed by atoms with van der Waals surface area (Å²) in [4.78, 5) is 2.49. The van der Waals surface area contributed by atoms with Crippen LogP contribution in [0.4, 0.5) is 0 Å². The summed E-state index contributed by atoms with van der Waals surface area (Å²) in [5, 5.41) is 0. The number of ether oxygens (including phenoxy) is 2. The molecule has 1 saturated heterocycles. The molecule has 1 rings (SSSR count). The molecule has 2 unspecified atom stereocenters. The van der Waals surface area contributed by atoms with Crippen molar-refractivity contribution in [2.45, 2.75) is 38.5 Å². The zero-order valence-electron chi connectivity index (χ0n) is 10.8. The van der Waals surface area contributed by atoms with Crippen LogP contribution >= 0.6 is 0 Å². The Bertz CT molecular complexity index is 186. The largest absolute Gasteiger partial charge is 0.356 e. The standard InChI is InChI=1S/C12H26N2O2/c1-10-5-4-6-14(9-10)11(8-13)7-12(15-2)16-3/h10-12H,4-9,13H2,1-3H3. The molecule has 2 N–H and O–H groups in total. The molecule has 0 aliphatic carbocycles. The third-order valence-electron chi connectivity index (χ3n) is 3.47. The van der Waals surface area contributed by atoms with E-state index in [1.54, 1.807) is 14.2 Å². The second-order valence-electron chi connectivity index (χ2n) is 4.77. The summed E-state index contributed by atoms with van der Waals surface area (Å²) in [6.45, 7) is 5.30. The number of hydrogen-bond acceptors (Lipinski definition) is 4. The average Bonchev–Trinajstić information content (AvgIpc) is 2.31. The molecule has 4 nitrogen and oxygen atoms in total. The normalized spacial score (nSPS) is 24.9. The Kier molecular flexibility index (Phi) is 6.28. The highest BCUT2D eigenvalue weighted by Gasteiger charge is 2.25. The minimum Gasteiger partial charge on any atom is -0.356 e. The molecule has 1 aliphatic rings. The third kappa shape index (κ3) is 4.01. The van der Waals surface area contributed by atoms with Gasteiger partial charge in [0.05, 0.1) is 0 Å². The van der Waals surface area contributed by atoms with Crippen molar-refractivity contribution < 1.29 is 9.47 Å². The van der Waals surface area contributed by atoms with E-state index in [-0.39, 0.29) is 6.29 Å². The quantitative estimate of drug-likeness (QED) is 0.693. The predicted molar refractivity (Wildman–Crippen MR) is 65.2 cm³/mol. The Morgan fingerprint density at radius 3 is 2.56 bits per heavy atom. The van der Waals surface area contributed by atoms with Crippen LogP contribution in [0, 0.1) is 5.92 Å². The summed E-state index contributed by atoms with van der Waals surface area (Å²) < 4.78 is 10.5. The SMILES string of the molecule is COC(CC(CN)N1CCCC(C)C1)OC. The van der Waals surface area contributed by atoms with Gasteiger partial charge in [0.2, 0.25) is 0 Å². The van der Waals surface area contributed by atoms with Gasteiger partial charge in [-0.3, -0.25) is 4.90 Å². The van der Waals surface area contributed by atoms with E-state index >= 15 is 0 Å². The Morgan fingerprint density at radius 2 is 2.06 bits per heavy atom. The van der Waals surface area contributed by atoms with Crippen LogP contribution in [0.15, 0.2) is 0 Å². The molecule has 0 aromatic heterocycles. The van der Waals surface area contributed by atoms with Crippen molar-refractivity contribution >= 4 is 0 Å². The molecule has 0 spiro atoms. The zero-order valence-corrected chi connectivity index (χ0v) is 10.8. The number of nitrogens with two attached hydrogens (primary N) is 1. The second kappa shape index (κ2) is 7.22. The van der Waals surface area contributed by atoms with Gasteiger partial charge in [-0.2, -0.15) is 0 Å². The van der Waals surface area contributed by atoms with Crippen molar-refractivity contribution in [1.29, 1.82) is 0 Å².